The molecule has 11 nitrogen and oxygen atoms in total. The lowest BCUT2D eigenvalue weighted by Gasteiger charge is -2.34. The van der Waals surface area contributed by atoms with Crippen molar-refractivity contribution in [3.8, 4) is 0 Å². The van der Waals surface area contributed by atoms with Crippen molar-refractivity contribution in [2.24, 2.45) is 5.92 Å². The minimum Gasteiger partial charge on any atom is -0.371 e. The second kappa shape index (κ2) is 14.0. The molecule has 2 aromatic carbocycles. The van der Waals surface area contributed by atoms with Crippen molar-refractivity contribution in [1.29, 1.82) is 0 Å². The van der Waals surface area contributed by atoms with Gasteiger partial charge in [-0.3, -0.25) is 19.4 Å². The number of pyridine rings is 1. The van der Waals surface area contributed by atoms with E-state index < -0.39 is 28.5 Å². The quantitative estimate of drug-likeness (QED) is 0.321. The molecular weight excluding hydrogens is 568 g/mol. The van der Waals surface area contributed by atoms with E-state index >= 15 is 0 Å². The van der Waals surface area contributed by atoms with E-state index in [4.69, 9.17) is 0 Å². The van der Waals surface area contributed by atoms with Gasteiger partial charge in [-0.05, 0) is 67.1 Å². The molecule has 2 aliphatic heterocycles. The number of amides is 3. The SMILES string of the molecule is O=C(CNS(=O)(=O)c1ccc2ccccc2c1)NCC(NC(=O)C1CCN(c2ccncc2)CC1)C(=O)N1CCCCC1. The zero-order valence-electron chi connectivity index (χ0n) is 24.1. The lowest BCUT2D eigenvalue weighted by atomic mass is 9.95. The molecule has 2 saturated heterocycles. The van der Waals surface area contributed by atoms with Crippen molar-refractivity contribution in [3.05, 3.63) is 67.0 Å². The molecule has 1 unspecified atom stereocenters. The number of piperidine rings is 2. The third-order valence-electron chi connectivity index (χ3n) is 8.13. The van der Waals surface area contributed by atoms with Crippen LogP contribution in [0.25, 0.3) is 10.8 Å². The summed E-state index contributed by atoms with van der Waals surface area (Å²) >= 11 is 0. The van der Waals surface area contributed by atoms with Crippen LogP contribution in [0.2, 0.25) is 0 Å². The first-order valence-corrected chi connectivity index (χ1v) is 16.3. The van der Waals surface area contributed by atoms with Gasteiger partial charge in [0.2, 0.25) is 27.7 Å². The highest BCUT2D eigenvalue weighted by Gasteiger charge is 2.31. The highest BCUT2D eigenvalue weighted by Crippen LogP contribution is 2.23. The molecule has 43 heavy (non-hydrogen) atoms. The molecule has 5 rings (SSSR count). The summed E-state index contributed by atoms with van der Waals surface area (Å²) in [5, 5.41) is 7.23. The number of hydrogen-bond donors (Lipinski definition) is 3. The second-order valence-electron chi connectivity index (χ2n) is 11.1. The van der Waals surface area contributed by atoms with Crippen molar-refractivity contribution in [1.82, 2.24) is 25.2 Å². The molecule has 0 aliphatic carbocycles. The maximum atomic E-state index is 13.4. The number of aromatic nitrogens is 1. The van der Waals surface area contributed by atoms with Gasteiger partial charge >= 0.3 is 0 Å². The molecule has 3 amide bonds. The van der Waals surface area contributed by atoms with Crippen LogP contribution in [-0.2, 0) is 24.4 Å². The predicted molar refractivity (Wildman–Crippen MR) is 164 cm³/mol. The zero-order chi connectivity index (χ0) is 30.2. The van der Waals surface area contributed by atoms with E-state index in [0.717, 1.165) is 35.7 Å². The van der Waals surface area contributed by atoms with E-state index in [0.29, 0.717) is 39.0 Å². The van der Waals surface area contributed by atoms with Crippen molar-refractivity contribution >= 4 is 44.2 Å². The molecule has 0 spiro atoms. The molecule has 1 aromatic heterocycles. The molecule has 0 saturated carbocycles. The minimum absolute atomic E-state index is 0.0550. The third-order valence-corrected chi connectivity index (χ3v) is 9.53. The summed E-state index contributed by atoms with van der Waals surface area (Å²) < 4.78 is 28.0. The Kier molecular flexibility index (Phi) is 9.88. The largest absolute Gasteiger partial charge is 0.371 e. The summed E-state index contributed by atoms with van der Waals surface area (Å²) in [7, 11) is -3.94. The summed E-state index contributed by atoms with van der Waals surface area (Å²) in [6.07, 6.45) is 7.60. The lowest BCUT2D eigenvalue weighted by molar-refractivity contribution is -0.138. The maximum Gasteiger partial charge on any atom is 0.246 e. The molecule has 12 heteroatoms. The van der Waals surface area contributed by atoms with Gasteiger partial charge in [-0.25, -0.2) is 13.1 Å². The predicted octanol–water partition coefficient (Wildman–Crippen LogP) is 2.04. The number of nitrogens with zero attached hydrogens (tertiary/aromatic N) is 3. The first-order chi connectivity index (χ1) is 20.8. The van der Waals surface area contributed by atoms with Crippen LogP contribution in [0.4, 0.5) is 5.69 Å². The van der Waals surface area contributed by atoms with Crippen LogP contribution in [0.1, 0.15) is 32.1 Å². The van der Waals surface area contributed by atoms with E-state index in [-0.39, 0.29) is 29.2 Å². The number of likely N-dealkylation sites (tertiary alicyclic amines) is 1. The highest BCUT2D eigenvalue weighted by molar-refractivity contribution is 7.89. The van der Waals surface area contributed by atoms with E-state index in [2.05, 4.69) is 25.2 Å². The molecule has 0 radical (unpaired) electrons. The second-order valence-corrected chi connectivity index (χ2v) is 12.8. The molecule has 1 atom stereocenters. The van der Waals surface area contributed by atoms with E-state index in [1.54, 1.807) is 29.4 Å². The Morgan fingerprint density at radius 3 is 2.30 bits per heavy atom. The van der Waals surface area contributed by atoms with Gasteiger partial charge in [0.05, 0.1) is 11.4 Å². The Morgan fingerprint density at radius 1 is 0.884 bits per heavy atom. The Labute approximate surface area is 252 Å². The fourth-order valence-corrected chi connectivity index (χ4v) is 6.65. The first kappa shape index (κ1) is 30.4. The van der Waals surface area contributed by atoms with Crippen LogP contribution in [0.5, 0.6) is 0 Å². The van der Waals surface area contributed by atoms with Crippen molar-refractivity contribution in [2.45, 2.75) is 43.0 Å². The Hall–Kier alpha value is -4.03. The summed E-state index contributed by atoms with van der Waals surface area (Å²) in [4.78, 5) is 47.4. The Bertz CT molecular complexity index is 1540. The number of fused-ring (bicyclic) bond motifs is 1. The summed E-state index contributed by atoms with van der Waals surface area (Å²) in [6.45, 7) is 2.00. The fourth-order valence-electron chi connectivity index (χ4n) is 5.64. The zero-order valence-corrected chi connectivity index (χ0v) is 24.9. The summed E-state index contributed by atoms with van der Waals surface area (Å²) in [5.41, 5.74) is 1.06. The van der Waals surface area contributed by atoms with Gasteiger partial charge in [0.25, 0.3) is 0 Å². The van der Waals surface area contributed by atoms with Crippen LogP contribution < -0.4 is 20.3 Å². The third kappa shape index (κ3) is 7.88. The molecule has 3 N–H and O–H groups in total. The number of rotatable bonds is 10. The van der Waals surface area contributed by atoms with Crippen molar-refractivity contribution in [3.63, 3.8) is 0 Å². The number of hydrogen-bond acceptors (Lipinski definition) is 7. The van der Waals surface area contributed by atoms with E-state index in [1.807, 2.05) is 36.4 Å². The molecule has 228 valence electrons. The van der Waals surface area contributed by atoms with Crippen LogP contribution >= 0.6 is 0 Å². The van der Waals surface area contributed by atoms with Gasteiger partial charge in [-0.15, -0.1) is 0 Å². The molecule has 2 aliphatic rings. The monoisotopic (exact) mass is 606 g/mol. The molecule has 3 heterocycles. The van der Waals surface area contributed by atoms with Gasteiger partial charge in [0.15, 0.2) is 0 Å². The van der Waals surface area contributed by atoms with E-state index in [9.17, 15) is 22.8 Å². The Morgan fingerprint density at radius 2 is 1.58 bits per heavy atom. The summed E-state index contributed by atoms with van der Waals surface area (Å²) in [6, 6.07) is 15.1. The van der Waals surface area contributed by atoms with Crippen LogP contribution in [-0.4, -0.2) is 81.3 Å². The number of sulfonamides is 1. The van der Waals surface area contributed by atoms with Gasteiger partial charge in [0.1, 0.15) is 6.04 Å². The topological polar surface area (TPSA) is 141 Å². The maximum absolute atomic E-state index is 13.4. The average Bonchev–Trinajstić information content (AvgIpc) is 3.06. The van der Waals surface area contributed by atoms with Gasteiger partial charge in [0, 0.05) is 56.7 Å². The molecule has 3 aromatic rings. The number of carbonyl (C=O) groups excluding carboxylic acids is 3. The molecule has 0 bridgehead atoms. The fraction of sp³-hybridized carbons (Fsp3) is 0.419. The number of benzene rings is 2. The van der Waals surface area contributed by atoms with Gasteiger partial charge < -0.3 is 20.4 Å². The standard InChI is InChI=1S/C31H38N6O5S/c38-29(22-34-43(41,42)27-9-8-23-6-2-3-7-25(23)20-27)33-21-28(31(40)37-16-4-1-5-17-37)35-30(39)24-12-18-36(19-13-24)26-10-14-32-15-11-26/h2-3,6-11,14-15,20,24,28,34H,1,4-5,12-13,16-19,21-22H2,(H,33,38)(H,35,39). The van der Waals surface area contributed by atoms with Crippen LogP contribution in [0, 0.1) is 5.92 Å². The normalized spacial score (nSPS) is 16.9. The van der Waals surface area contributed by atoms with Gasteiger partial charge in [-0.2, -0.15) is 0 Å². The van der Waals surface area contributed by atoms with Crippen molar-refractivity contribution < 1.29 is 22.8 Å². The lowest BCUT2D eigenvalue weighted by Crippen LogP contribution is -2.56. The minimum atomic E-state index is -3.94. The first-order valence-electron chi connectivity index (χ1n) is 14.8. The number of nitrogens with one attached hydrogen (secondary N) is 3. The molecular formula is C31H38N6O5S. The smallest absolute Gasteiger partial charge is 0.246 e. The average molecular weight is 607 g/mol. The highest BCUT2D eigenvalue weighted by atomic mass is 32.2. The van der Waals surface area contributed by atoms with Crippen LogP contribution in [0.3, 0.4) is 0 Å². The number of carbonyl (C=O) groups is 3. The summed E-state index contributed by atoms with van der Waals surface area (Å²) in [5.74, 6) is -1.30. The van der Waals surface area contributed by atoms with Crippen molar-refractivity contribution in [2.75, 3.05) is 44.2 Å². The molecule has 2 fully saturated rings. The number of anilines is 1. The van der Waals surface area contributed by atoms with E-state index in [1.165, 1.54) is 6.07 Å². The Balaban J connectivity index is 1.17. The van der Waals surface area contributed by atoms with Crippen LogP contribution in [0.15, 0.2) is 71.9 Å². The van der Waals surface area contributed by atoms with Gasteiger partial charge in [-0.1, -0.05) is 30.3 Å².